The Bertz CT molecular complexity index is 700. The molecular formula is C17H19N3O2S. The van der Waals surface area contributed by atoms with Gasteiger partial charge in [-0.05, 0) is 53.8 Å². The van der Waals surface area contributed by atoms with Crippen molar-refractivity contribution in [1.29, 1.82) is 0 Å². The van der Waals surface area contributed by atoms with Crippen LogP contribution >= 0.6 is 11.3 Å². The maximum Gasteiger partial charge on any atom is 0.243 e. The highest BCUT2D eigenvalue weighted by molar-refractivity contribution is 7.07. The molecule has 2 aromatic rings. The summed E-state index contributed by atoms with van der Waals surface area (Å²) in [7, 11) is 0. The normalized spacial score (nSPS) is 18.5. The summed E-state index contributed by atoms with van der Waals surface area (Å²) in [5.41, 5.74) is 3.08. The van der Waals surface area contributed by atoms with Gasteiger partial charge >= 0.3 is 0 Å². The lowest BCUT2D eigenvalue weighted by molar-refractivity contribution is -0.126. The predicted octanol–water partition coefficient (Wildman–Crippen LogP) is 2.13. The van der Waals surface area contributed by atoms with Gasteiger partial charge in [-0.3, -0.25) is 14.6 Å². The quantitative estimate of drug-likeness (QED) is 0.883. The molecule has 2 atom stereocenters. The first kappa shape index (κ1) is 15.7. The molecule has 2 aromatic heterocycles. The van der Waals surface area contributed by atoms with E-state index in [9.17, 15) is 9.59 Å². The molecule has 120 valence electrons. The van der Waals surface area contributed by atoms with Crippen molar-refractivity contribution < 1.29 is 9.59 Å². The van der Waals surface area contributed by atoms with E-state index in [1.807, 2.05) is 24.4 Å². The highest BCUT2D eigenvalue weighted by Gasteiger charge is 2.29. The SMILES string of the molecule is Cc1cccnc1[C@H](Cc1ccsc1)NC(=O)[C@H]1CCC(=O)N1. The monoisotopic (exact) mass is 329 g/mol. The van der Waals surface area contributed by atoms with Gasteiger partial charge in [0.1, 0.15) is 6.04 Å². The lowest BCUT2D eigenvalue weighted by atomic mass is 10.0. The van der Waals surface area contributed by atoms with Crippen molar-refractivity contribution in [2.75, 3.05) is 0 Å². The Kier molecular flexibility index (Phi) is 4.71. The molecule has 1 aliphatic rings. The van der Waals surface area contributed by atoms with Crippen LogP contribution in [0, 0.1) is 6.92 Å². The number of hydrogen-bond donors (Lipinski definition) is 2. The van der Waals surface area contributed by atoms with E-state index in [1.165, 1.54) is 5.56 Å². The molecule has 2 N–H and O–H groups in total. The number of nitrogens with zero attached hydrogens (tertiary/aromatic N) is 1. The van der Waals surface area contributed by atoms with Crippen molar-refractivity contribution in [2.45, 2.75) is 38.3 Å². The molecule has 1 fully saturated rings. The van der Waals surface area contributed by atoms with Crippen molar-refractivity contribution in [3.8, 4) is 0 Å². The van der Waals surface area contributed by atoms with E-state index in [0.717, 1.165) is 11.3 Å². The number of carbonyl (C=O) groups excluding carboxylic acids is 2. The summed E-state index contributed by atoms with van der Waals surface area (Å²) in [6.07, 6.45) is 3.40. The Labute approximate surface area is 139 Å². The third-order valence-corrected chi connectivity index (χ3v) is 4.76. The third kappa shape index (κ3) is 3.76. The van der Waals surface area contributed by atoms with E-state index in [1.54, 1.807) is 17.5 Å². The van der Waals surface area contributed by atoms with Gasteiger partial charge in [-0.2, -0.15) is 11.3 Å². The van der Waals surface area contributed by atoms with E-state index >= 15 is 0 Å². The molecule has 0 bridgehead atoms. The summed E-state index contributed by atoms with van der Waals surface area (Å²) in [6.45, 7) is 1.99. The van der Waals surface area contributed by atoms with Crippen LogP contribution in [0.25, 0.3) is 0 Å². The maximum absolute atomic E-state index is 12.5. The molecule has 0 radical (unpaired) electrons. The standard InChI is InChI=1S/C17H19N3O2S/c1-11-3-2-7-18-16(11)14(9-12-6-8-23-10-12)20-17(22)13-4-5-15(21)19-13/h2-3,6-8,10,13-14H,4-5,9H2,1H3,(H,19,21)(H,20,22)/t13-,14+/m1/s1. The molecule has 1 saturated heterocycles. The molecule has 0 aromatic carbocycles. The summed E-state index contributed by atoms with van der Waals surface area (Å²) in [6, 6.07) is 5.30. The Balaban J connectivity index is 1.79. The number of pyridine rings is 1. The molecule has 23 heavy (non-hydrogen) atoms. The second kappa shape index (κ2) is 6.91. The van der Waals surface area contributed by atoms with Crippen LogP contribution in [0.15, 0.2) is 35.2 Å². The molecule has 0 spiro atoms. The minimum absolute atomic E-state index is 0.0615. The van der Waals surface area contributed by atoms with Gasteiger partial charge in [0.25, 0.3) is 0 Å². The van der Waals surface area contributed by atoms with Crippen molar-refractivity contribution in [1.82, 2.24) is 15.6 Å². The summed E-state index contributed by atoms with van der Waals surface area (Å²) in [5.74, 6) is -0.199. The molecule has 0 unspecified atom stereocenters. The summed E-state index contributed by atoms with van der Waals surface area (Å²) >= 11 is 1.64. The zero-order valence-corrected chi connectivity index (χ0v) is 13.7. The van der Waals surface area contributed by atoms with E-state index in [2.05, 4.69) is 27.1 Å². The molecule has 2 amide bonds. The average Bonchev–Trinajstić information content (AvgIpc) is 3.18. The molecule has 0 saturated carbocycles. The lowest BCUT2D eigenvalue weighted by Gasteiger charge is -2.21. The van der Waals surface area contributed by atoms with Gasteiger partial charge in [0.2, 0.25) is 11.8 Å². The van der Waals surface area contributed by atoms with Crippen LogP contribution in [-0.4, -0.2) is 22.8 Å². The molecule has 3 rings (SSSR count). The molecule has 1 aliphatic heterocycles. The number of rotatable bonds is 5. The number of nitrogens with one attached hydrogen (secondary N) is 2. The fraction of sp³-hybridized carbons (Fsp3) is 0.353. The van der Waals surface area contributed by atoms with Crippen LogP contribution < -0.4 is 10.6 Å². The molecular weight excluding hydrogens is 310 g/mol. The number of amides is 2. The van der Waals surface area contributed by atoms with Gasteiger partial charge < -0.3 is 10.6 Å². The Morgan fingerprint density at radius 2 is 2.39 bits per heavy atom. The van der Waals surface area contributed by atoms with Gasteiger partial charge in [0.15, 0.2) is 0 Å². The Morgan fingerprint density at radius 1 is 1.52 bits per heavy atom. The zero-order chi connectivity index (χ0) is 16.2. The van der Waals surface area contributed by atoms with Crippen LogP contribution in [-0.2, 0) is 16.0 Å². The fourth-order valence-corrected chi connectivity index (χ4v) is 3.49. The van der Waals surface area contributed by atoms with Gasteiger partial charge in [-0.25, -0.2) is 0 Å². The molecule has 0 aliphatic carbocycles. The molecule has 5 nitrogen and oxygen atoms in total. The van der Waals surface area contributed by atoms with E-state index in [0.29, 0.717) is 19.3 Å². The Morgan fingerprint density at radius 3 is 3.04 bits per heavy atom. The second-order valence-electron chi connectivity index (χ2n) is 5.76. The maximum atomic E-state index is 12.5. The second-order valence-corrected chi connectivity index (χ2v) is 6.54. The van der Waals surface area contributed by atoms with E-state index in [-0.39, 0.29) is 17.9 Å². The smallest absolute Gasteiger partial charge is 0.243 e. The van der Waals surface area contributed by atoms with Gasteiger partial charge in [-0.15, -0.1) is 0 Å². The zero-order valence-electron chi connectivity index (χ0n) is 12.9. The first-order chi connectivity index (χ1) is 11.1. The largest absolute Gasteiger partial charge is 0.346 e. The topological polar surface area (TPSA) is 71.1 Å². The average molecular weight is 329 g/mol. The molecule has 3 heterocycles. The first-order valence-electron chi connectivity index (χ1n) is 7.66. The summed E-state index contributed by atoms with van der Waals surface area (Å²) in [4.78, 5) is 28.2. The first-order valence-corrected chi connectivity index (χ1v) is 8.60. The van der Waals surface area contributed by atoms with Crippen molar-refractivity contribution >= 4 is 23.2 Å². The van der Waals surface area contributed by atoms with Gasteiger partial charge in [0.05, 0.1) is 11.7 Å². The van der Waals surface area contributed by atoms with Crippen molar-refractivity contribution in [3.63, 3.8) is 0 Å². The van der Waals surface area contributed by atoms with Crippen molar-refractivity contribution in [2.24, 2.45) is 0 Å². The number of thiophene rings is 1. The minimum Gasteiger partial charge on any atom is -0.346 e. The Hall–Kier alpha value is -2.21. The molecule has 6 heteroatoms. The van der Waals surface area contributed by atoms with Gasteiger partial charge in [-0.1, -0.05) is 6.07 Å². The van der Waals surface area contributed by atoms with E-state index in [4.69, 9.17) is 0 Å². The predicted molar refractivity (Wildman–Crippen MR) is 89.0 cm³/mol. The number of hydrogen-bond acceptors (Lipinski definition) is 4. The highest BCUT2D eigenvalue weighted by Crippen LogP contribution is 2.22. The lowest BCUT2D eigenvalue weighted by Crippen LogP contribution is -2.43. The van der Waals surface area contributed by atoms with Crippen LogP contribution in [0.2, 0.25) is 0 Å². The fourth-order valence-electron chi connectivity index (χ4n) is 2.81. The minimum atomic E-state index is -0.434. The number of aromatic nitrogens is 1. The van der Waals surface area contributed by atoms with Crippen LogP contribution in [0.1, 0.15) is 35.7 Å². The van der Waals surface area contributed by atoms with E-state index < -0.39 is 6.04 Å². The summed E-state index contributed by atoms with van der Waals surface area (Å²) in [5, 5.41) is 9.88. The third-order valence-electron chi connectivity index (χ3n) is 4.03. The van der Waals surface area contributed by atoms with Crippen LogP contribution in [0.5, 0.6) is 0 Å². The number of carbonyl (C=O) groups is 2. The van der Waals surface area contributed by atoms with Crippen LogP contribution in [0.3, 0.4) is 0 Å². The van der Waals surface area contributed by atoms with Crippen molar-refractivity contribution in [3.05, 3.63) is 52.0 Å². The van der Waals surface area contributed by atoms with Crippen LogP contribution in [0.4, 0.5) is 0 Å². The van der Waals surface area contributed by atoms with Gasteiger partial charge in [0, 0.05) is 12.6 Å². The number of aryl methyl sites for hydroxylation is 1. The summed E-state index contributed by atoms with van der Waals surface area (Å²) < 4.78 is 0. The highest BCUT2D eigenvalue weighted by atomic mass is 32.1.